The molecule has 1 aliphatic heterocycles. The fourth-order valence-electron chi connectivity index (χ4n) is 1.86. The first-order valence-electron chi connectivity index (χ1n) is 4.54. The van der Waals surface area contributed by atoms with Gasteiger partial charge in [0, 0.05) is 25.2 Å². The van der Waals surface area contributed by atoms with Crippen molar-refractivity contribution in [1.29, 1.82) is 0 Å². The Bertz CT molecular complexity index is 111. The molecular formula is C9H20N2. The summed E-state index contributed by atoms with van der Waals surface area (Å²) in [5.41, 5.74) is 0. The molecular weight excluding hydrogens is 136 g/mol. The van der Waals surface area contributed by atoms with Crippen LogP contribution in [0.25, 0.3) is 0 Å². The van der Waals surface area contributed by atoms with Gasteiger partial charge in [0.15, 0.2) is 0 Å². The Kier molecular flexibility index (Phi) is 2.90. The first-order chi connectivity index (χ1) is 5.09. The van der Waals surface area contributed by atoms with Gasteiger partial charge in [-0.3, -0.25) is 0 Å². The summed E-state index contributed by atoms with van der Waals surface area (Å²) in [6.45, 7) is 9.24. The maximum absolute atomic E-state index is 3.58. The summed E-state index contributed by atoms with van der Waals surface area (Å²) < 4.78 is 0. The van der Waals surface area contributed by atoms with Crippen molar-refractivity contribution in [3.63, 3.8) is 0 Å². The minimum Gasteiger partial charge on any atom is -0.310 e. The van der Waals surface area contributed by atoms with Crippen LogP contribution in [0.1, 0.15) is 20.8 Å². The quantitative estimate of drug-likeness (QED) is 0.561. The molecule has 2 nitrogen and oxygen atoms in total. The van der Waals surface area contributed by atoms with Crippen LogP contribution in [0.3, 0.4) is 0 Å². The molecule has 0 spiro atoms. The number of nitrogens with one attached hydrogen (secondary N) is 1. The van der Waals surface area contributed by atoms with Gasteiger partial charge < -0.3 is 10.2 Å². The Balaban J connectivity index is 2.51. The summed E-state index contributed by atoms with van der Waals surface area (Å²) >= 11 is 0. The lowest BCUT2D eigenvalue weighted by Gasteiger charge is -2.19. The smallest absolute Gasteiger partial charge is 0.0169 e. The topological polar surface area (TPSA) is 15.3 Å². The van der Waals surface area contributed by atoms with Gasteiger partial charge in [-0.15, -0.1) is 0 Å². The summed E-state index contributed by atoms with van der Waals surface area (Å²) in [6, 6.07) is 1.30. The SMILES string of the molecule is C[C@@H]1CN(C)C[C@H](C)[C@H](C)N1. The van der Waals surface area contributed by atoms with Gasteiger partial charge in [-0.1, -0.05) is 6.92 Å². The fraction of sp³-hybridized carbons (Fsp3) is 1.00. The van der Waals surface area contributed by atoms with E-state index in [-0.39, 0.29) is 0 Å². The van der Waals surface area contributed by atoms with Gasteiger partial charge in [-0.25, -0.2) is 0 Å². The van der Waals surface area contributed by atoms with Crippen LogP contribution in [-0.2, 0) is 0 Å². The molecule has 66 valence electrons. The van der Waals surface area contributed by atoms with E-state index in [0.717, 1.165) is 5.92 Å². The molecule has 3 atom stereocenters. The van der Waals surface area contributed by atoms with Crippen LogP contribution >= 0.6 is 0 Å². The molecule has 1 aliphatic rings. The van der Waals surface area contributed by atoms with Gasteiger partial charge in [0.05, 0.1) is 0 Å². The zero-order valence-corrected chi connectivity index (χ0v) is 8.09. The molecule has 0 aromatic carbocycles. The minimum absolute atomic E-state index is 0.639. The zero-order chi connectivity index (χ0) is 8.43. The Morgan fingerprint density at radius 2 is 1.82 bits per heavy atom. The zero-order valence-electron chi connectivity index (χ0n) is 8.09. The van der Waals surface area contributed by atoms with E-state index in [1.165, 1.54) is 13.1 Å². The van der Waals surface area contributed by atoms with E-state index in [0.29, 0.717) is 12.1 Å². The summed E-state index contributed by atoms with van der Waals surface area (Å²) in [5.74, 6) is 0.768. The average Bonchev–Trinajstić information content (AvgIpc) is 1.93. The highest BCUT2D eigenvalue weighted by Gasteiger charge is 2.21. The van der Waals surface area contributed by atoms with Gasteiger partial charge in [0.2, 0.25) is 0 Å². The lowest BCUT2D eigenvalue weighted by Crippen LogP contribution is -2.38. The molecule has 0 amide bonds. The predicted octanol–water partition coefficient (Wildman–Crippen LogP) is 0.935. The van der Waals surface area contributed by atoms with Gasteiger partial charge in [0.1, 0.15) is 0 Å². The summed E-state index contributed by atoms with van der Waals surface area (Å²) in [6.07, 6.45) is 0. The second-order valence-electron chi connectivity index (χ2n) is 4.05. The van der Waals surface area contributed by atoms with Crippen molar-refractivity contribution < 1.29 is 0 Å². The molecule has 1 N–H and O–H groups in total. The van der Waals surface area contributed by atoms with E-state index in [1.54, 1.807) is 0 Å². The highest BCUT2D eigenvalue weighted by atomic mass is 15.2. The standard InChI is InChI=1S/C9H20N2/c1-7-5-11(4)6-8(2)10-9(7)3/h7-10H,5-6H2,1-4H3/t7-,8+,9-/m0/s1. The number of hydrogen-bond acceptors (Lipinski definition) is 2. The summed E-state index contributed by atoms with van der Waals surface area (Å²) in [7, 11) is 2.20. The molecule has 1 saturated heterocycles. The van der Waals surface area contributed by atoms with Crippen LogP contribution in [0.15, 0.2) is 0 Å². The second kappa shape index (κ2) is 3.55. The maximum atomic E-state index is 3.58. The van der Waals surface area contributed by atoms with E-state index in [2.05, 4.69) is 38.0 Å². The Morgan fingerprint density at radius 3 is 2.45 bits per heavy atom. The molecule has 0 aliphatic carbocycles. The lowest BCUT2D eigenvalue weighted by atomic mass is 10.0. The third-order valence-electron chi connectivity index (χ3n) is 2.59. The van der Waals surface area contributed by atoms with Crippen LogP contribution in [0, 0.1) is 5.92 Å². The molecule has 2 heteroatoms. The highest BCUT2D eigenvalue weighted by Crippen LogP contribution is 2.09. The molecule has 0 saturated carbocycles. The summed E-state index contributed by atoms with van der Waals surface area (Å²) in [5, 5.41) is 3.58. The Labute approximate surface area is 70.0 Å². The van der Waals surface area contributed by atoms with Gasteiger partial charge in [-0.2, -0.15) is 0 Å². The lowest BCUT2D eigenvalue weighted by molar-refractivity contribution is 0.298. The van der Waals surface area contributed by atoms with Crippen molar-refractivity contribution in [2.45, 2.75) is 32.9 Å². The van der Waals surface area contributed by atoms with Crippen molar-refractivity contribution in [1.82, 2.24) is 10.2 Å². The van der Waals surface area contributed by atoms with Gasteiger partial charge >= 0.3 is 0 Å². The van der Waals surface area contributed by atoms with Crippen LogP contribution in [-0.4, -0.2) is 37.1 Å². The molecule has 0 unspecified atom stereocenters. The third-order valence-corrected chi connectivity index (χ3v) is 2.59. The monoisotopic (exact) mass is 156 g/mol. The van der Waals surface area contributed by atoms with Crippen molar-refractivity contribution in [2.24, 2.45) is 5.92 Å². The second-order valence-corrected chi connectivity index (χ2v) is 4.05. The maximum Gasteiger partial charge on any atom is 0.0169 e. The van der Waals surface area contributed by atoms with E-state index in [4.69, 9.17) is 0 Å². The first-order valence-corrected chi connectivity index (χ1v) is 4.54. The van der Waals surface area contributed by atoms with Crippen molar-refractivity contribution in [2.75, 3.05) is 20.1 Å². The number of hydrogen-bond donors (Lipinski definition) is 1. The average molecular weight is 156 g/mol. The van der Waals surface area contributed by atoms with E-state index in [1.807, 2.05) is 0 Å². The van der Waals surface area contributed by atoms with Crippen LogP contribution < -0.4 is 5.32 Å². The number of rotatable bonds is 0. The van der Waals surface area contributed by atoms with Crippen LogP contribution in [0.5, 0.6) is 0 Å². The normalized spacial score (nSPS) is 42.0. The Morgan fingerprint density at radius 1 is 1.18 bits per heavy atom. The van der Waals surface area contributed by atoms with Crippen LogP contribution in [0.4, 0.5) is 0 Å². The fourth-order valence-corrected chi connectivity index (χ4v) is 1.86. The molecule has 11 heavy (non-hydrogen) atoms. The summed E-state index contributed by atoms with van der Waals surface area (Å²) in [4.78, 5) is 2.41. The third kappa shape index (κ3) is 2.46. The molecule has 0 aromatic heterocycles. The van der Waals surface area contributed by atoms with Crippen molar-refractivity contribution in [3.8, 4) is 0 Å². The van der Waals surface area contributed by atoms with Crippen molar-refractivity contribution in [3.05, 3.63) is 0 Å². The van der Waals surface area contributed by atoms with E-state index in [9.17, 15) is 0 Å². The number of nitrogens with zero attached hydrogens (tertiary/aromatic N) is 1. The highest BCUT2D eigenvalue weighted by molar-refractivity contribution is 4.80. The van der Waals surface area contributed by atoms with E-state index >= 15 is 0 Å². The molecule has 0 radical (unpaired) electrons. The van der Waals surface area contributed by atoms with Gasteiger partial charge in [0.25, 0.3) is 0 Å². The van der Waals surface area contributed by atoms with E-state index < -0.39 is 0 Å². The molecule has 0 bridgehead atoms. The molecule has 1 rings (SSSR count). The minimum atomic E-state index is 0.639. The largest absolute Gasteiger partial charge is 0.310 e. The molecule has 1 heterocycles. The Hall–Kier alpha value is -0.0800. The number of likely N-dealkylation sites (N-methyl/N-ethyl adjacent to an activating group) is 1. The van der Waals surface area contributed by atoms with Crippen molar-refractivity contribution >= 4 is 0 Å². The van der Waals surface area contributed by atoms with Crippen LogP contribution in [0.2, 0.25) is 0 Å². The molecule has 1 fully saturated rings. The predicted molar refractivity (Wildman–Crippen MR) is 48.7 cm³/mol. The first kappa shape index (κ1) is 9.01. The van der Waals surface area contributed by atoms with Gasteiger partial charge in [-0.05, 0) is 26.8 Å². The molecule has 0 aromatic rings.